The fraction of sp³-hybridized carbons (Fsp3) is 0.250. The van der Waals surface area contributed by atoms with Crippen molar-refractivity contribution in [3.05, 3.63) is 102 Å². The van der Waals surface area contributed by atoms with Crippen molar-refractivity contribution in [2.24, 2.45) is 4.99 Å². The lowest BCUT2D eigenvalue weighted by molar-refractivity contribution is -0.139. The predicted molar refractivity (Wildman–Crippen MR) is 148 cm³/mol. The van der Waals surface area contributed by atoms with Crippen LogP contribution in [0.4, 0.5) is 0 Å². The van der Waals surface area contributed by atoms with Crippen molar-refractivity contribution in [2.75, 3.05) is 19.8 Å². The van der Waals surface area contributed by atoms with Crippen LogP contribution in [0.5, 0.6) is 11.5 Å². The number of nitrogens with zero attached hydrogens (tertiary/aromatic N) is 2. The third-order valence-corrected chi connectivity index (χ3v) is 7.24. The van der Waals surface area contributed by atoms with Crippen molar-refractivity contribution in [3.8, 4) is 11.5 Å². The molecule has 0 spiro atoms. The Kier molecular flexibility index (Phi) is 8.45. The van der Waals surface area contributed by atoms with E-state index in [1.54, 1.807) is 24.5 Å². The number of hydrogen-bond acceptors (Lipinski definition) is 7. The van der Waals surface area contributed by atoms with Crippen LogP contribution in [0.1, 0.15) is 37.9 Å². The van der Waals surface area contributed by atoms with Gasteiger partial charge in [0.05, 0.1) is 39.5 Å². The van der Waals surface area contributed by atoms with E-state index in [0.29, 0.717) is 45.3 Å². The number of thiazole rings is 1. The third-order valence-electron chi connectivity index (χ3n) is 5.63. The van der Waals surface area contributed by atoms with Crippen LogP contribution in [0.25, 0.3) is 6.08 Å². The van der Waals surface area contributed by atoms with E-state index >= 15 is 0 Å². The maximum absolute atomic E-state index is 13.7. The molecule has 3 aromatic rings. The molecule has 1 unspecified atom stereocenters. The van der Waals surface area contributed by atoms with Crippen LogP contribution in [0.15, 0.2) is 80.6 Å². The molecule has 0 amide bonds. The predicted octanol–water partition coefficient (Wildman–Crippen LogP) is 4.52. The summed E-state index contributed by atoms with van der Waals surface area (Å²) in [5.74, 6) is 0.905. The summed E-state index contributed by atoms with van der Waals surface area (Å²) in [6, 6.07) is 12.3. The number of fused-ring (bicyclic) bond motifs is 1. The van der Waals surface area contributed by atoms with Gasteiger partial charge in [-0.05, 0) is 78.2 Å². The van der Waals surface area contributed by atoms with Crippen molar-refractivity contribution in [3.63, 3.8) is 0 Å². The van der Waals surface area contributed by atoms with Crippen molar-refractivity contribution in [1.29, 1.82) is 0 Å². The Bertz CT molecular complexity index is 1540. The molecule has 4 rings (SSSR count). The molecule has 7 nitrogen and oxygen atoms in total. The largest absolute Gasteiger partial charge is 0.494 e. The zero-order valence-electron chi connectivity index (χ0n) is 20.8. The number of aromatic nitrogens is 1. The molecular weight excluding hydrogens is 556 g/mol. The normalized spacial score (nSPS) is 15.1. The molecule has 0 fully saturated rings. The Morgan fingerprint density at radius 1 is 1.16 bits per heavy atom. The molecule has 192 valence electrons. The van der Waals surface area contributed by atoms with Gasteiger partial charge in [-0.1, -0.05) is 42.2 Å². The SMILES string of the molecule is C=CCOc1ccc(C=c2sc3n(c2=O)C(c2ccc(OCC)cc2)C(C(=O)OCC)=C(C)N=3)cc1Br. The number of carbonyl (C=O) groups is 1. The van der Waals surface area contributed by atoms with Crippen LogP contribution in [-0.4, -0.2) is 30.4 Å². The van der Waals surface area contributed by atoms with Crippen LogP contribution in [0, 0.1) is 0 Å². The highest BCUT2D eigenvalue weighted by molar-refractivity contribution is 9.10. The number of allylic oxidation sites excluding steroid dienone is 1. The minimum Gasteiger partial charge on any atom is -0.494 e. The second-order valence-corrected chi connectivity index (χ2v) is 9.96. The van der Waals surface area contributed by atoms with Gasteiger partial charge in [-0.3, -0.25) is 9.36 Å². The summed E-state index contributed by atoms with van der Waals surface area (Å²) in [7, 11) is 0. The molecular formula is C28H27BrN2O5S. The van der Waals surface area contributed by atoms with E-state index in [1.807, 2.05) is 55.5 Å². The highest BCUT2D eigenvalue weighted by Gasteiger charge is 2.33. The number of rotatable bonds is 9. The van der Waals surface area contributed by atoms with Gasteiger partial charge in [-0.2, -0.15) is 0 Å². The lowest BCUT2D eigenvalue weighted by atomic mass is 9.96. The average molecular weight is 584 g/mol. The van der Waals surface area contributed by atoms with E-state index in [0.717, 1.165) is 15.6 Å². The lowest BCUT2D eigenvalue weighted by Gasteiger charge is -2.24. The zero-order valence-corrected chi connectivity index (χ0v) is 23.2. The summed E-state index contributed by atoms with van der Waals surface area (Å²) in [5.41, 5.74) is 2.22. The number of ether oxygens (including phenoxy) is 3. The molecule has 37 heavy (non-hydrogen) atoms. The first kappa shape index (κ1) is 26.6. The Morgan fingerprint density at radius 2 is 1.92 bits per heavy atom. The molecule has 1 aliphatic rings. The van der Waals surface area contributed by atoms with Gasteiger partial charge in [0.15, 0.2) is 4.80 Å². The quantitative estimate of drug-likeness (QED) is 0.274. The van der Waals surface area contributed by atoms with Gasteiger partial charge < -0.3 is 14.2 Å². The Labute approximate surface area is 227 Å². The van der Waals surface area contributed by atoms with Gasteiger partial charge in [0.1, 0.15) is 18.1 Å². The highest BCUT2D eigenvalue weighted by Crippen LogP contribution is 2.32. The van der Waals surface area contributed by atoms with E-state index < -0.39 is 12.0 Å². The molecule has 9 heteroatoms. The van der Waals surface area contributed by atoms with Crippen molar-refractivity contribution < 1.29 is 19.0 Å². The van der Waals surface area contributed by atoms with Crippen LogP contribution >= 0.6 is 27.3 Å². The van der Waals surface area contributed by atoms with Gasteiger partial charge in [-0.15, -0.1) is 0 Å². The molecule has 0 saturated carbocycles. The summed E-state index contributed by atoms with van der Waals surface area (Å²) in [5, 5.41) is 0. The molecule has 2 aromatic carbocycles. The van der Waals surface area contributed by atoms with E-state index in [9.17, 15) is 9.59 Å². The summed E-state index contributed by atoms with van der Waals surface area (Å²) in [6.07, 6.45) is 3.49. The molecule has 1 aliphatic heterocycles. The Balaban J connectivity index is 1.84. The number of esters is 1. The molecule has 2 heterocycles. The maximum atomic E-state index is 13.7. The van der Waals surface area contributed by atoms with Crippen LogP contribution in [0.2, 0.25) is 0 Å². The van der Waals surface area contributed by atoms with Crippen LogP contribution in [0.3, 0.4) is 0 Å². The minimum atomic E-state index is -0.672. The molecule has 0 bridgehead atoms. The third kappa shape index (κ3) is 5.62. The molecule has 1 aromatic heterocycles. The average Bonchev–Trinajstić information content (AvgIpc) is 3.17. The fourth-order valence-electron chi connectivity index (χ4n) is 4.04. The molecule has 0 N–H and O–H groups in total. The summed E-state index contributed by atoms with van der Waals surface area (Å²) in [6.45, 7) is 10.2. The smallest absolute Gasteiger partial charge is 0.338 e. The van der Waals surface area contributed by atoms with Gasteiger partial charge in [0.2, 0.25) is 0 Å². The van der Waals surface area contributed by atoms with Crippen molar-refractivity contribution in [2.45, 2.75) is 26.8 Å². The Morgan fingerprint density at radius 3 is 2.57 bits per heavy atom. The number of benzene rings is 2. The second kappa shape index (κ2) is 11.7. The summed E-state index contributed by atoms with van der Waals surface area (Å²) >= 11 is 4.80. The minimum absolute atomic E-state index is 0.220. The topological polar surface area (TPSA) is 79.1 Å². The van der Waals surface area contributed by atoms with Gasteiger partial charge in [-0.25, -0.2) is 9.79 Å². The number of carbonyl (C=O) groups excluding carboxylic acids is 1. The lowest BCUT2D eigenvalue weighted by Crippen LogP contribution is -2.39. The zero-order chi connectivity index (χ0) is 26.5. The standard InChI is InChI=1S/C28H27BrN2O5S/c1-5-14-36-22-13-8-18(15-21(22)29)16-23-26(32)31-25(19-9-11-20(12-10-19)34-6-2)24(27(33)35-7-3)17(4)30-28(31)37-23/h5,8-13,15-16,25H,1,6-7,14H2,2-4H3. The first-order valence-electron chi connectivity index (χ1n) is 11.8. The van der Waals surface area contributed by atoms with E-state index in [-0.39, 0.29) is 12.2 Å². The van der Waals surface area contributed by atoms with E-state index in [2.05, 4.69) is 27.5 Å². The maximum Gasteiger partial charge on any atom is 0.338 e. The highest BCUT2D eigenvalue weighted by atomic mass is 79.9. The van der Waals surface area contributed by atoms with E-state index in [1.165, 1.54) is 11.3 Å². The van der Waals surface area contributed by atoms with Gasteiger partial charge in [0, 0.05) is 0 Å². The van der Waals surface area contributed by atoms with Gasteiger partial charge >= 0.3 is 5.97 Å². The molecule has 0 radical (unpaired) electrons. The second-order valence-electron chi connectivity index (χ2n) is 8.09. The fourth-order valence-corrected chi connectivity index (χ4v) is 5.60. The van der Waals surface area contributed by atoms with Crippen molar-refractivity contribution >= 4 is 39.3 Å². The first-order valence-corrected chi connectivity index (χ1v) is 13.4. The first-order chi connectivity index (χ1) is 17.9. The van der Waals surface area contributed by atoms with E-state index in [4.69, 9.17) is 14.2 Å². The van der Waals surface area contributed by atoms with Gasteiger partial charge in [0.25, 0.3) is 5.56 Å². The molecule has 0 aliphatic carbocycles. The Hall–Kier alpha value is -3.43. The van der Waals surface area contributed by atoms with Crippen LogP contribution in [-0.2, 0) is 9.53 Å². The van der Waals surface area contributed by atoms with Crippen LogP contribution < -0.4 is 24.4 Å². The van der Waals surface area contributed by atoms with Crippen molar-refractivity contribution in [1.82, 2.24) is 4.57 Å². The molecule has 0 saturated heterocycles. The number of hydrogen-bond donors (Lipinski definition) is 0. The monoisotopic (exact) mass is 582 g/mol. The summed E-state index contributed by atoms with van der Waals surface area (Å²) in [4.78, 5) is 31.9. The number of halogens is 1. The summed E-state index contributed by atoms with van der Waals surface area (Å²) < 4.78 is 19.4. The molecule has 1 atom stereocenters.